The molecule has 0 unspecified atom stereocenters. The molecular weight excluding hydrogens is 212 g/mol. The van der Waals surface area contributed by atoms with Crippen LogP contribution in [0.3, 0.4) is 0 Å². The molecule has 0 saturated carbocycles. The molecule has 2 heterocycles. The average molecular weight is 230 g/mol. The third-order valence-corrected chi connectivity index (χ3v) is 2.62. The van der Waals surface area contributed by atoms with Gasteiger partial charge in [0.2, 0.25) is 0 Å². The summed E-state index contributed by atoms with van der Waals surface area (Å²) >= 11 is 0. The zero-order chi connectivity index (χ0) is 12.1. The van der Waals surface area contributed by atoms with Crippen molar-refractivity contribution in [3.63, 3.8) is 0 Å². The number of anilines is 1. The zero-order valence-electron chi connectivity index (χ0n) is 10.3. The topological polar surface area (TPSA) is 42.7 Å². The van der Waals surface area contributed by atoms with Gasteiger partial charge in [-0.3, -0.25) is 9.67 Å². The Morgan fingerprint density at radius 1 is 1.24 bits per heavy atom. The molecule has 0 atom stereocenters. The highest BCUT2D eigenvalue weighted by Gasteiger charge is 2.05. The van der Waals surface area contributed by atoms with Crippen LogP contribution in [-0.2, 0) is 6.54 Å². The molecule has 90 valence electrons. The molecule has 4 nitrogen and oxygen atoms in total. The maximum Gasteiger partial charge on any atom is 0.0903 e. The number of hydrogen-bond donors (Lipinski definition) is 1. The van der Waals surface area contributed by atoms with E-state index in [4.69, 9.17) is 0 Å². The lowest BCUT2D eigenvalue weighted by molar-refractivity contribution is 0.665. The van der Waals surface area contributed by atoms with Crippen LogP contribution in [0.25, 0.3) is 11.4 Å². The lowest BCUT2D eigenvalue weighted by atomic mass is 10.2. The van der Waals surface area contributed by atoms with Crippen molar-refractivity contribution < 1.29 is 0 Å². The van der Waals surface area contributed by atoms with Crippen LogP contribution in [0, 0.1) is 0 Å². The molecule has 4 heteroatoms. The van der Waals surface area contributed by atoms with E-state index in [0.29, 0.717) is 0 Å². The molecular formula is C13H18N4. The Labute approximate surface area is 102 Å². The molecule has 0 fully saturated rings. The maximum atomic E-state index is 4.40. The van der Waals surface area contributed by atoms with Crippen LogP contribution in [0.4, 0.5) is 5.69 Å². The summed E-state index contributed by atoms with van der Waals surface area (Å²) < 4.78 is 1.95. The second-order valence-corrected chi connectivity index (χ2v) is 3.89. The van der Waals surface area contributed by atoms with E-state index < -0.39 is 0 Å². The molecule has 2 rings (SSSR count). The number of nitrogens with zero attached hydrogens (tertiary/aromatic N) is 3. The van der Waals surface area contributed by atoms with Gasteiger partial charge in [0.1, 0.15) is 0 Å². The van der Waals surface area contributed by atoms with E-state index in [1.165, 1.54) is 0 Å². The van der Waals surface area contributed by atoms with E-state index in [1.54, 1.807) is 0 Å². The summed E-state index contributed by atoms with van der Waals surface area (Å²) in [5, 5.41) is 7.62. The van der Waals surface area contributed by atoms with Gasteiger partial charge in [-0.2, -0.15) is 5.10 Å². The van der Waals surface area contributed by atoms with Crippen LogP contribution in [0.15, 0.2) is 30.6 Å². The zero-order valence-corrected chi connectivity index (χ0v) is 10.3. The van der Waals surface area contributed by atoms with Crippen molar-refractivity contribution in [1.82, 2.24) is 14.8 Å². The van der Waals surface area contributed by atoms with E-state index in [0.717, 1.165) is 36.6 Å². The third kappa shape index (κ3) is 2.64. The van der Waals surface area contributed by atoms with Gasteiger partial charge in [-0.1, -0.05) is 6.92 Å². The minimum absolute atomic E-state index is 0.858. The second kappa shape index (κ2) is 5.48. The standard InChI is InChI=1S/C13H18N4/c1-3-7-14-11-5-8-15-12(10-11)13-6-9-16-17(13)4-2/h5-6,8-10H,3-4,7H2,1-2H3,(H,14,15). The number of aromatic nitrogens is 3. The van der Waals surface area contributed by atoms with E-state index in [9.17, 15) is 0 Å². The van der Waals surface area contributed by atoms with Crippen LogP contribution in [0.2, 0.25) is 0 Å². The lowest BCUT2D eigenvalue weighted by Gasteiger charge is -2.07. The Morgan fingerprint density at radius 2 is 2.12 bits per heavy atom. The normalized spacial score (nSPS) is 10.5. The van der Waals surface area contributed by atoms with Crippen molar-refractivity contribution in [2.24, 2.45) is 0 Å². The molecule has 0 aliphatic heterocycles. The summed E-state index contributed by atoms with van der Waals surface area (Å²) in [6.07, 6.45) is 4.76. The van der Waals surface area contributed by atoms with E-state index in [2.05, 4.69) is 35.3 Å². The lowest BCUT2D eigenvalue weighted by Crippen LogP contribution is -2.02. The molecule has 0 aliphatic carbocycles. The van der Waals surface area contributed by atoms with Crippen molar-refractivity contribution in [3.05, 3.63) is 30.6 Å². The smallest absolute Gasteiger partial charge is 0.0903 e. The number of rotatable bonds is 5. The van der Waals surface area contributed by atoms with Crippen molar-refractivity contribution in [2.45, 2.75) is 26.8 Å². The predicted octanol–water partition coefficient (Wildman–Crippen LogP) is 2.79. The molecule has 0 spiro atoms. The van der Waals surface area contributed by atoms with Gasteiger partial charge in [0, 0.05) is 31.2 Å². The highest BCUT2D eigenvalue weighted by atomic mass is 15.3. The average Bonchev–Trinajstić information content (AvgIpc) is 2.85. The largest absolute Gasteiger partial charge is 0.385 e. The molecule has 0 amide bonds. The number of nitrogens with one attached hydrogen (secondary N) is 1. The fraction of sp³-hybridized carbons (Fsp3) is 0.385. The Balaban J connectivity index is 2.26. The summed E-state index contributed by atoms with van der Waals surface area (Å²) in [6.45, 7) is 6.07. The van der Waals surface area contributed by atoms with E-state index in [-0.39, 0.29) is 0 Å². The van der Waals surface area contributed by atoms with Gasteiger partial charge in [0.15, 0.2) is 0 Å². The Morgan fingerprint density at radius 3 is 2.88 bits per heavy atom. The van der Waals surface area contributed by atoms with Crippen LogP contribution in [0.1, 0.15) is 20.3 Å². The van der Waals surface area contributed by atoms with Crippen LogP contribution < -0.4 is 5.32 Å². The van der Waals surface area contributed by atoms with Gasteiger partial charge < -0.3 is 5.32 Å². The molecule has 0 aliphatic rings. The predicted molar refractivity (Wildman–Crippen MR) is 69.9 cm³/mol. The summed E-state index contributed by atoms with van der Waals surface area (Å²) in [5.74, 6) is 0. The molecule has 2 aromatic heterocycles. The van der Waals surface area contributed by atoms with Gasteiger partial charge in [0.05, 0.1) is 11.4 Å². The van der Waals surface area contributed by atoms with Gasteiger partial charge in [0.25, 0.3) is 0 Å². The van der Waals surface area contributed by atoms with E-state index in [1.807, 2.05) is 29.2 Å². The molecule has 0 bridgehead atoms. The van der Waals surface area contributed by atoms with Crippen LogP contribution in [0.5, 0.6) is 0 Å². The van der Waals surface area contributed by atoms with Crippen LogP contribution in [-0.4, -0.2) is 21.3 Å². The molecule has 1 N–H and O–H groups in total. The van der Waals surface area contributed by atoms with Crippen molar-refractivity contribution in [3.8, 4) is 11.4 Å². The first kappa shape index (κ1) is 11.6. The third-order valence-electron chi connectivity index (χ3n) is 2.62. The van der Waals surface area contributed by atoms with E-state index >= 15 is 0 Å². The maximum absolute atomic E-state index is 4.40. The molecule has 2 aromatic rings. The number of aryl methyl sites for hydroxylation is 1. The minimum Gasteiger partial charge on any atom is -0.385 e. The monoisotopic (exact) mass is 230 g/mol. The first-order valence-corrected chi connectivity index (χ1v) is 6.07. The van der Waals surface area contributed by atoms with Crippen LogP contribution >= 0.6 is 0 Å². The summed E-state index contributed by atoms with van der Waals surface area (Å²) in [6, 6.07) is 6.06. The summed E-state index contributed by atoms with van der Waals surface area (Å²) in [4.78, 5) is 4.40. The van der Waals surface area contributed by atoms with Gasteiger partial charge >= 0.3 is 0 Å². The Kier molecular flexibility index (Phi) is 3.75. The quantitative estimate of drug-likeness (QED) is 0.858. The summed E-state index contributed by atoms with van der Waals surface area (Å²) in [7, 11) is 0. The van der Waals surface area contributed by atoms with Crippen molar-refractivity contribution in [1.29, 1.82) is 0 Å². The first-order chi connectivity index (χ1) is 8.35. The minimum atomic E-state index is 0.858. The number of hydrogen-bond acceptors (Lipinski definition) is 3. The van der Waals surface area contributed by atoms with Crippen molar-refractivity contribution >= 4 is 5.69 Å². The summed E-state index contributed by atoms with van der Waals surface area (Å²) in [5.41, 5.74) is 3.14. The highest BCUT2D eigenvalue weighted by Crippen LogP contribution is 2.19. The number of pyridine rings is 1. The molecule has 0 aromatic carbocycles. The van der Waals surface area contributed by atoms with Gasteiger partial charge in [-0.15, -0.1) is 0 Å². The molecule has 0 saturated heterocycles. The SMILES string of the molecule is CCCNc1ccnc(-c2ccnn2CC)c1. The fourth-order valence-electron chi connectivity index (χ4n) is 1.75. The van der Waals surface area contributed by atoms with Gasteiger partial charge in [-0.25, -0.2) is 0 Å². The molecule has 17 heavy (non-hydrogen) atoms. The fourth-order valence-corrected chi connectivity index (χ4v) is 1.75. The highest BCUT2D eigenvalue weighted by molar-refractivity contribution is 5.60. The van der Waals surface area contributed by atoms with Crippen molar-refractivity contribution in [2.75, 3.05) is 11.9 Å². The second-order valence-electron chi connectivity index (χ2n) is 3.89. The Bertz CT molecular complexity index is 476. The Hall–Kier alpha value is -1.84. The first-order valence-electron chi connectivity index (χ1n) is 6.07. The molecule has 0 radical (unpaired) electrons. The van der Waals surface area contributed by atoms with Gasteiger partial charge in [-0.05, 0) is 31.5 Å².